The topological polar surface area (TPSA) is 84.2 Å². The Hall–Kier alpha value is -1.22. The number of aryl methyl sites for hydroxylation is 1. The molecule has 2 N–H and O–H groups in total. The van der Waals surface area contributed by atoms with Crippen molar-refractivity contribution in [1.82, 2.24) is 15.0 Å². The van der Waals surface area contributed by atoms with Gasteiger partial charge in [0.15, 0.2) is 0 Å². The van der Waals surface area contributed by atoms with Crippen LogP contribution >= 0.6 is 11.3 Å². The minimum atomic E-state index is -3.64. The minimum Gasteiger partial charge on any atom is -0.447 e. The molecular formula is C13H19N3O3S2. The highest BCUT2D eigenvalue weighted by Gasteiger charge is 2.19. The Morgan fingerprint density at radius 3 is 2.71 bits per heavy atom. The van der Waals surface area contributed by atoms with Gasteiger partial charge in [-0.25, -0.2) is 18.1 Å². The monoisotopic (exact) mass is 329 g/mol. The SMILES string of the molecule is Cc1cnc(CNS(=O)(=O)c2ccc(CNC(C)C)o2)s1. The normalized spacial score (nSPS) is 12.2. The van der Waals surface area contributed by atoms with Gasteiger partial charge >= 0.3 is 0 Å². The molecule has 0 fully saturated rings. The predicted molar refractivity (Wildman–Crippen MR) is 81.6 cm³/mol. The van der Waals surface area contributed by atoms with Gasteiger partial charge in [-0.3, -0.25) is 0 Å². The second-order valence-corrected chi connectivity index (χ2v) is 7.96. The van der Waals surface area contributed by atoms with E-state index in [0.717, 1.165) is 9.88 Å². The van der Waals surface area contributed by atoms with Crippen LogP contribution in [0.5, 0.6) is 0 Å². The van der Waals surface area contributed by atoms with Crippen molar-refractivity contribution in [2.24, 2.45) is 0 Å². The van der Waals surface area contributed by atoms with Gasteiger partial charge in [-0.15, -0.1) is 11.3 Å². The molecule has 0 aromatic carbocycles. The second kappa shape index (κ2) is 6.69. The second-order valence-electron chi connectivity index (χ2n) is 4.95. The number of hydrogen-bond donors (Lipinski definition) is 2. The van der Waals surface area contributed by atoms with Crippen LogP contribution in [0.1, 0.15) is 29.5 Å². The average Bonchev–Trinajstić information content (AvgIpc) is 3.03. The first-order valence-corrected chi connectivity index (χ1v) is 8.90. The Morgan fingerprint density at radius 2 is 2.10 bits per heavy atom. The van der Waals surface area contributed by atoms with Gasteiger partial charge < -0.3 is 9.73 Å². The highest BCUT2D eigenvalue weighted by atomic mass is 32.2. The van der Waals surface area contributed by atoms with E-state index in [1.165, 1.54) is 17.4 Å². The van der Waals surface area contributed by atoms with Gasteiger partial charge in [0, 0.05) is 17.1 Å². The summed E-state index contributed by atoms with van der Waals surface area (Å²) >= 11 is 1.46. The molecule has 2 aromatic heterocycles. The molecule has 0 aliphatic heterocycles. The standard InChI is InChI=1S/C13H19N3O3S2/c1-9(2)14-7-11-4-5-13(19-11)21(17,18)16-8-12-15-6-10(3)20-12/h4-6,9,14,16H,7-8H2,1-3H3. The average molecular weight is 329 g/mol. The maximum Gasteiger partial charge on any atom is 0.274 e. The van der Waals surface area contributed by atoms with E-state index < -0.39 is 10.0 Å². The van der Waals surface area contributed by atoms with Crippen LogP contribution < -0.4 is 10.0 Å². The Balaban J connectivity index is 1.99. The molecule has 0 saturated heterocycles. The Morgan fingerprint density at radius 1 is 1.33 bits per heavy atom. The quantitative estimate of drug-likeness (QED) is 0.812. The molecule has 0 unspecified atom stereocenters. The molecule has 0 spiro atoms. The number of aromatic nitrogens is 1. The number of thiazole rings is 1. The first-order chi connectivity index (χ1) is 9.87. The van der Waals surface area contributed by atoms with E-state index in [2.05, 4.69) is 15.0 Å². The number of sulfonamides is 1. The van der Waals surface area contributed by atoms with Crippen LogP contribution in [0.25, 0.3) is 0 Å². The molecule has 2 rings (SSSR count). The lowest BCUT2D eigenvalue weighted by molar-refractivity contribution is 0.393. The summed E-state index contributed by atoms with van der Waals surface area (Å²) in [6.45, 7) is 6.62. The Kier molecular flexibility index (Phi) is 5.15. The molecule has 6 nitrogen and oxygen atoms in total. The van der Waals surface area contributed by atoms with Crippen LogP contribution in [0.15, 0.2) is 27.8 Å². The zero-order valence-electron chi connectivity index (χ0n) is 12.2. The number of nitrogens with zero attached hydrogens (tertiary/aromatic N) is 1. The summed E-state index contributed by atoms with van der Waals surface area (Å²) in [4.78, 5) is 5.16. The molecule has 21 heavy (non-hydrogen) atoms. The minimum absolute atomic E-state index is 0.0728. The van der Waals surface area contributed by atoms with E-state index in [9.17, 15) is 8.42 Å². The first-order valence-electron chi connectivity index (χ1n) is 6.60. The molecule has 116 valence electrons. The van der Waals surface area contributed by atoms with Crippen LogP contribution in [-0.2, 0) is 23.1 Å². The fourth-order valence-electron chi connectivity index (χ4n) is 1.61. The van der Waals surface area contributed by atoms with E-state index in [1.807, 2.05) is 20.8 Å². The summed E-state index contributed by atoms with van der Waals surface area (Å²) in [5.74, 6) is 0.592. The molecule has 0 saturated carbocycles. The molecule has 2 heterocycles. The van der Waals surface area contributed by atoms with Crippen molar-refractivity contribution in [3.8, 4) is 0 Å². The number of furan rings is 1. The van der Waals surface area contributed by atoms with Gasteiger partial charge in [0.2, 0.25) is 5.09 Å². The fraction of sp³-hybridized carbons (Fsp3) is 0.462. The summed E-state index contributed by atoms with van der Waals surface area (Å²) < 4.78 is 32.1. The van der Waals surface area contributed by atoms with Crippen LogP contribution in [0.3, 0.4) is 0 Å². The fourth-order valence-corrected chi connectivity index (χ4v) is 3.36. The summed E-state index contributed by atoms with van der Waals surface area (Å²) in [5.41, 5.74) is 0. The summed E-state index contributed by atoms with van der Waals surface area (Å²) in [6, 6.07) is 3.44. The molecule has 0 aliphatic rings. The van der Waals surface area contributed by atoms with E-state index >= 15 is 0 Å². The lowest BCUT2D eigenvalue weighted by Crippen LogP contribution is -2.23. The van der Waals surface area contributed by atoms with Crippen LogP contribution in [0.4, 0.5) is 0 Å². The van der Waals surface area contributed by atoms with Crippen molar-refractivity contribution in [3.63, 3.8) is 0 Å². The van der Waals surface area contributed by atoms with Crippen molar-refractivity contribution in [2.45, 2.75) is 45.0 Å². The zero-order valence-corrected chi connectivity index (χ0v) is 13.8. The van der Waals surface area contributed by atoms with Crippen molar-refractivity contribution < 1.29 is 12.8 Å². The van der Waals surface area contributed by atoms with Gasteiger partial charge in [0.05, 0.1) is 13.1 Å². The third-order valence-electron chi connectivity index (χ3n) is 2.67. The lowest BCUT2D eigenvalue weighted by Gasteiger charge is -2.05. The smallest absolute Gasteiger partial charge is 0.274 e. The van der Waals surface area contributed by atoms with Crippen molar-refractivity contribution >= 4 is 21.4 Å². The number of rotatable bonds is 7. The molecule has 8 heteroatoms. The van der Waals surface area contributed by atoms with Crippen LogP contribution in [-0.4, -0.2) is 19.4 Å². The van der Waals surface area contributed by atoms with E-state index in [-0.39, 0.29) is 11.6 Å². The maximum absolute atomic E-state index is 12.1. The van der Waals surface area contributed by atoms with Gasteiger partial charge in [-0.2, -0.15) is 0 Å². The van der Waals surface area contributed by atoms with E-state index in [4.69, 9.17) is 4.42 Å². The Bertz CT molecular complexity index is 689. The van der Waals surface area contributed by atoms with Crippen molar-refractivity contribution in [2.75, 3.05) is 0 Å². The van der Waals surface area contributed by atoms with E-state index in [0.29, 0.717) is 18.3 Å². The largest absolute Gasteiger partial charge is 0.447 e. The van der Waals surface area contributed by atoms with Gasteiger partial charge in [-0.1, -0.05) is 13.8 Å². The van der Waals surface area contributed by atoms with Crippen molar-refractivity contribution in [1.29, 1.82) is 0 Å². The summed E-state index contributed by atoms with van der Waals surface area (Å²) in [7, 11) is -3.64. The van der Waals surface area contributed by atoms with Gasteiger partial charge in [0.1, 0.15) is 10.8 Å². The highest BCUT2D eigenvalue weighted by molar-refractivity contribution is 7.89. The Labute approximate surface area is 128 Å². The molecule has 0 amide bonds. The molecule has 0 atom stereocenters. The third kappa shape index (κ3) is 4.63. The predicted octanol–water partition coefficient (Wildman–Crippen LogP) is 2.02. The first kappa shape index (κ1) is 16.2. The number of nitrogens with one attached hydrogen (secondary N) is 2. The summed E-state index contributed by atoms with van der Waals surface area (Å²) in [5, 5.41) is 3.82. The molecular weight excluding hydrogens is 310 g/mol. The third-order valence-corrected chi connectivity index (χ3v) is 4.86. The molecule has 0 radical (unpaired) electrons. The molecule has 0 bridgehead atoms. The summed E-state index contributed by atoms with van der Waals surface area (Å²) in [6.07, 6.45) is 1.72. The lowest BCUT2D eigenvalue weighted by atomic mass is 10.3. The highest BCUT2D eigenvalue weighted by Crippen LogP contribution is 2.16. The molecule has 2 aromatic rings. The van der Waals surface area contributed by atoms with Crippen molar-refractivity contribution in [3.05, 3.63) is 34.0 Å². The van der Waals surface area contributed by atoms with Gasteiger partial charge in [-0.05, 0) is 19.1 Å². The van der Waals surface area contributed by atoms with Crippen LogP contribution in [0, 0.1) is 6.92 Å². The maximum atomic E-state index is 12.1. The number of hydrogen-bond acceptors (Lipinski definition) is 6. The van der Waals surface area contributed by atoms with Gasteiger partial charge in [0.25, 0.3) is 10.0 Å². The van der Waals surface area contributed by atoms with Crippen LogP contribution in [0.2, 0.25) is 0 Å². The van der Waals surface area contributed by atoms with E-state index in [1.54, 1.807) is 12.3 Å². The molecule has 0 aliphatic carbocycles. The zero-order chi connectivity index (χ0) is 15.5.